The van der Waals surface area contributed by atoms with Crippen LogP contribution < -0.4 is 0 Å². The van der Waals surface area contributed by atoms with E-state index in [9.17, 15) is 0 Å². The summed E-state index contributed by atoms with van der Waals surface area (Å²) in [7, 11) is 0. The summed E-state index contributed by atoms with van der Waals surface area (Å²) in [5.41, 5.74) is 4.33. The second-order valence-electron chi connectivity index (χ2n) is 5.90. The molecule has 1 aromatic heterocycles. The monoisotopic (exact) mass is 296 g/mol. The number of nitriles is 1. The van der Waals surface area contributed by atoms with Gasteiger partial charge in [0.15, 0.2) is 0 Å². The molecule has 3 aromatic carbocycles. The van der Waals surface area contributed by atoms with E-state index in [0.29, 0.717) is 5.56 Å². The average Bonchev–Trinajstić information content (AvgIpc) is 2.90. The Bertz CT molecular complexity index is 1060. The molecule has 0 spiro atoms. The van der Waals surface area contributed by atoms with Gasteiger partial charge in [-0.15, -0.1) is 0 Å². The van der Waals surface area contributed by atoms with Crippen LogP contribution in [0.3, 0.4) is 0 Å². The Labute approximate surface area is 135 Å². The fourth-order valence-corrected chi connectivity index (χ4v) is 3.27. The van der Waals surface area contributed by atoms with Crippen LogP contribution in [0, 0.1) is 18.3 Å². The van der Waals surface area contributed by atoms with Gasteiger partial charge in [-0.1, -0.05) is 48.5 Å². The molecule has 110 valence electrons. The van der Waals surface area contributed by atoms with Gasteiger partial charge < -0.3 is 4.57 Å². The molecule has 2 heteroatoms. The van der Waals surface area contributed by atoms with Crippen LogP contribution in [0.15, 0.2) is 66.7 Å². The van der Waals surface area contributed by atoms with Gasteiger partial charge in [0.05, 0.1) is 11.6 Å². The van der Waals surface area contributed by atoms with E-state index in [2.05, 4.69) is 66.1 Å². The highest BCUT2D eigenvalue weighted by atomic mass is 15.0. The van der Waals surface area contributed by atoms with Crippen LogP contribution in [0.2, 0.25) is 0 Å². The number of benzene rings is 3. The van der Waals surface area contributed by atoms with Crippen molar-refractivity contribution in [2.75, 3.05) is 0 Å². The summed E-state index contributed by atoms with van der Waals surface area (Å²) >= 11 is 0. The molecule has 0 radical (unpaired) electrons. The first-order valence-corrected chi connectivity index (χ1v) is 7.73. The van der Waals surface area contributed by atoms with Gasteiger partial charge in [0, 0.05) is 17.8 Å². The average molecular weight is 296 g/mol. The summed E-state index contributed by atoms with van der Waals surface area (Å²) in [6.45, 7) is 2.93. The molecule has 4 rings (SSSR count). The number of hydrogen-bond donors (Lipinski definition) is 0. The molecule has 0 aliphatic carbocycles. The van der Waals surface area contributed by atoms with Crippen molar-refractivity contribution in [3.05, 3.63) is 83.6 Å². The van der Waals surface area contributed by atoms with Gasteiger partial charge >= 0.3 is 0 Å². The standard InChI is InChI=1S/C21H16N2/c1-15-11-18-10-9-16(13-22)12-21(18)23(15)14-19-7-4-6-17-5-2-3-8-20(17)19/h2-12H,14H2,1H3. The third-order valence-corrected chi connectivity index (χ3v) is 4.45. The maximum absolute atomic E-state index is 9.17. The fourth-order valence-electron chi connectivity index (χ4n) is 3.27. The third kappa shape index (κ3) is 2.27. The first-order chi connectivity index (χ1) is 11.3. The van der Waals surface area contributed by atoms with Crippen molar-refractivity contribution >= 4 is 21.7 Å². The fraction of sp³-hybridized carbons (Fsp3) is 0.0952. The summed E-state index contributed by atoms with van der Waals surface area (Å²) in [5.74, 6) is 0. The minimum absolute atomic E-state index is 0.703. The van der Waals surface area contributed by atoms with E-state index in [1.165, 1.54) is 27.4 Å². The zero-order valence-corrected chi connectivity index (χ0v) is 13.0. The minimum Gasteiger partial charge on any atom is -0.340 e. The molecule has 0 saturated carbocycles. The molecule has 0 N–H and O–H groups in total. The van der Waals surface area contributed by atoms with Crippen molar-refractivity contribution in [2.45, 2.75) is 13.5 Å². The first kappa shape index (κ1) is 13.6. The number of aromatic nitrogens is 1. The highest BCUT2D eigenvalue weighted by Crippen LogP contribution is 2.25. The molecule has 0 fully saturated rings. The number of nitrogens with zero attached hydrogens (tertiary/aromatic N) is 2. The highest BCUT2D eigenvalue weighted by molar-refractivity contribution is 5.86. The Balaban J connectivity index is 1.89. The van der Waals surface area contributed by atoms with E-state index in [0.717, 1.165) is 12.1 Å². The molecule has 0 atom stereocenters. The van der Waals surface area contributed by atoms with E-state index >= 15 is 0 Å². The van der Waals surface area contributed by atoms with Crippen LogP contribution in [0.4, 0.5) is 0 Å². The predicted molar refractivity (Wildman–Crippen MR) is 94.4 cm³/mol. The second kappa shape index (κ2) is 5.30. The van der Waals surface area contributed by atoms with Crippen LogP contribution in [0.1, 0.15) is 16.8 Å². The number of rotatable bonds is 2. The molecule has 23 heavy (non-hydrogen) atoms. The van der Waals surface area contributed by atoms with Gasteiger partial charge in [-0.05, 0) is 46.8 Å². The molecule has 4 aromatic rings. The molecule has 0 amide bonds. The Kier molecular flexibility index (Phi) is 3.13. The van der Waals surface area contributed by atoms with Crippen molar-refractivity contribution in [3.8, 4) is 6.07 Å². The Hall–Kier alpha value is -3.05. The van der Waals surface area contributed by atoms with Crippen LogP contribution in [-0.2, 0) is 6.54 Å². The molecule has 0 unspecified atom stereocenters. The maximum atomic E-state index is 9.17. The van der Waals surface area contributed by atoms with Gasteiger partial charge in [-0.2, -0.15) is 5.26 Å². The molecule has 0 saturated heterocycles. The Morgan fingerprint density at radius 2 is 1.74 bits per heavy atom. The van der Waals surface area contributed by atoms with Gasteiger partial charge in [0.2, 0.25) is 0 Å². The largest absolute Gasteiger partial charge is 0.340 e. The lowest BCUT2D eigenvalue weighted by molar-refractivity contribution is 0.810. The lowest BCUT2D eigenvalue weighted by atomic mass is 10.0. The zero-order valence-electron chi connectivity index (χ0n) is 13.0. The van der Waals surface area contributed by atoms with Crippen LogP contribution >= 0.6 is 0 Å². The van der Waals surface area contributed by atoms with Gasteiger partial charge in [0.25, 0.3) is 0 Å². The Morgan fingerprint density at radius 1 is 0.913 bits per heavy atom. The van der Waals surface area contributed by atoms with Gasteiger partial charge in [-0.25, -0.2) is 0 Å². The summed E-state index contributed by atoms with van der Waals surface area (Å²) in [6.07, 6.45) is 0. The quantitative estimate of drug-likeness (QED) is 0.510. The van der Waals surface area contributed by atoms with E-state index < -0.39 is 0 Å². The predicted octanol–water partition coefficient (Wildman–Crippen LogP) is 5.02. The molecule has 0 bridgehead atoms. The lowest BCUT2D eigenvalue weighted by Crippen LogP contribution is -2.02. The van der Waals surface area contributed by atoms with E-state index in [1.807, 2.05) is 18.2 Å². The summed E-state index contributed by atoms with van der Waals surface area (Å²) in [4.78, 5) is 0. The highest BCUT2D eigenvalue weighted by Gasteiger charge is 2.09. The van der Waals surface area contributed by atoms with Crippen LogP contribution in [0.5, 0.6) is 0 Å². The second-order valence-corrected chi connectivity index (χ2v) is 5.90. The van der Waals surface area contributed by atoms with Crippen molar-refractivity contribution in [2.24, 2.45) is 0 Å². The van der Waals surface area contributed by atoms with Crippen LogP contribution in [-0.4, -0.2) is 4.57 Å². The minimum atomic E-state index is 0.703. The SMILES string of the molecule is Cc1cc2ccc(C#N)cc2n1Cc1cccc2ccccc12. The maximum Gasteiger partial charge on any atom is 0.0992 e. The van der Waals surface area contributed by atoms with Crippen molar-refractivity contribution in [3.63, 3.8) is 0 Å². The van der Waals surface area contributed by atoms with Crippen LogP contribution in [0.25, 0.3) is 21.7 Å². The van der Waals surface area contributed by atoms with E-state index in [1.54, 1.807) is 0 Å². The smallest absolute Gasteiger partial charge is 0.0992 e. The molecule has 2 nitrogen and oxygen atoms in total. The molecule has 0 aliphatic rings. The molecular formula is C21H16N2. The zero-order chi connectivity index (χ0) is 15.8. The number of hydrogen-bond acceptors (Lipinski definition) is 1. The number of aryl methyl sites for hydroxylation is 1. The molecule has 0 aliphatic heterocycles. The van der Waals surface area contributed by atoms with Crippen molar-refractivity contribution in [1.82, 2.24) is 4.57 Å². The van der Waals surface area contributed by atoms with Gasteiger partial charge in [0.1, 0.15) is 0 Å². The first-order valence-electron chi connectivity index (χ1n) is 7.73. The topological polar surface area (TPSA) is 28.7 Å². The molecular weight excluding hydrogens is 280 g/mol. The number of fused-ring (bicyclic) bond motifs is 2. The summed E-state index contributed by atoms with van der Waals surface area (Å²) < 4.78 is 2.29. The summed E-state index contributed by atoms with van der Waals surface area (Å²) in [5, 5.41) is 12.9. The van der Waals surface area contributed by atoms with Crippen molar-refractivity contribution in [1.29, 1.82) is 5.26 Å². The Morgan fingerprint density at radius 3 is 2.61 bits per heavy atom. The van der Waals surface area contributed by atoms with Gasteiger partial charge in [-0.3, -0.25) is 0 Å². The van der Waals surface area contributed by atoms with Crippen molar-refractivity contribution < 1.29 is 0 Å². The third-order valence-electron chi connectivity index (χ3n) is 4.45. The molecule has 1 heterocycles. The van der Waals surface area contributed by atoms with E-state index in [4.69, 9.17) is 5.26 Å². The lowest BCUT2D eigenvalue weighted by Gasteiger charge is -2.11. The van der Waals surface area contributed by atoms with E-state index in [-0.39, 0.29) is 0 Å². The normalized spacial score (nSPS) is 11.0. The summed E-state index contributed by atoms with van der Waals surface area (Å²) in [6, 6.07) is 25.2.